The minimum atomic E-state index is -2.63. The fourth-order valence-electron chi connectivity index (χ4n) is 12.1. The van der Waals surface area contributed by atoms with E-state index in [0.717, 1.165) is 52.6 Å². The van der Waals surface area contributed by atoms with Gasteiger partial charge in [-0.3, -0.25) is 0 Å². The second-order valence-corrected chi connectivity index (χ2v) is 28.9. The van der Waals surface area contributed by atoms with Crippen LogP contribution in [0.5, 0.6) is 0 Å². The lowest BCUT2D eigenvalue weighted by Gasteiger charge is -2.49. The van der Waals surface area contributed by atoms with Crippen molar-refractivity contribution in [1.29, 1.82) is 0 Å². The van der Waals surface area contributed by atoms with Crippen molar-refractivity contribution in [3.63, 3.8) is 0 Å². The van der Waals surface area contributed by atoms with Crippen LogP contribution in [0.1, 0.15) is 79.8 Å². The smallest absolute Gasteiger partial charge is 0.261 e. The summed E-state index contributed by atoms with van der Waals surface area (Å²) in [5, 5.41) is 15.4. The highest BCUT2D eigenvalue weighted by atomic mass is 28.4. The zero-order valence-electron chi connectivity index (χ0n) is 53.5. The van der Waals surface area contributed by atoms with E-state index in [1.165, 1.54) is 10.4 Å². The maximum absolute atomic E-state index is 12.9. The van der Waals surface area contributed by atoms with Gasteiger partial charge in [0.25, 0.3) is 8.32 Å². The standard InChI is InChI=1S/C78H92O13Si/c1-78(2,3)92(66-44-24-10-25-45-66,67-46-26-11-27-47-67)88-51-31-29-49-80-48-28-30-50-83-77-75(74(87-57-65-42-22-9-23-43-65)72(85-55-63-38-18-7-19-39-63)69(90-77)59-82-53-61-34-14-5-15-35-61)91-76-70(79)73(86-56-64-40-20-8-21-41-64)71(84-54-62-36-16-6-17-37-62)68(89-76)58-81-52-60-32-12-4-13-33-60/h4-27,32-47,68-77,79H,28-31,48-59H2,1-3H3/t68-,69-,70-,71-,72-,73-,74+,75+,76+,77-/m1/s1. The average Bonchev–Trinajstić information content (AvgIpc) is 0.770. The SMILES string of the molecule is CC(C)(C)[Si](OCCCCOCCCCO[C@@H]1O[C@H](COCc2ccccc2)[C@@H](OCc2ccccc2)[C@H](OCc2ccccc2)[C@@H]1O[C@@H]1O[C@H](COCc2ccccc2)[C@@H](OCc2ccccc2)[C@H](OCc2ccccc2)[C@H]1O)(c1ccccc1)c1ccccc1. The summed E-state index contributed by atoms with van der Waals surface area (Å²) in [6, 6.07) is 81.4. The maximum Gasteiger partial charge on any atom is 0.261 e. The Morgan fingerprint density at radius 3 is 1.07 bits per heavy atom. The normalized spacial score (nSPS) is 21.9. The van der Waals surface area contributed by atoms with E-state index in [4.69, 9.17) is 56.5 Å². The molecule has 0 amide bonds. The Hall–Kier alpha value is -6.54. The number of ether oxygens (including phenoxy) is 11. The molecule has 2 saturated heterocycles. The van der Waals surface area contributed by atoms with Gasteiger partial charge in [0.05, 0.1) is 52.9 Å². The Bertz CT molecular complexity index is 3210. The molecule has 2 heterocycles. The van der Waals surface area contributed by atoms with Gasteiger partial charge in [0.1, 0.15) is 48.8 Å². The van der Waals surface area contributed by atoms with Crippen LogP contribution in [-0.2, 0) is 96.2 Å². The van der Waals surface area contributed by atoms with Gasteiger partial charge < -0.3 is 61.6 Å². The van der Waals surface area contributed by atoms with Crippen LogP contribution in [0.4, 0.5) is 0 Å². The van der Waals surface area contributed by atoms with E-state index in [1.807, 2.05) is 182 Å². The van der Waals surface area contributed by atoms with E-state index in [0.29, 0.717) is 46.1 Å². The molecule has 2 fully saturated rings. The van der Waals surface area contributed by atoms with Crippen molar-refractivity contribution in [2.45, 2.75) is 153 Å². The Kier molecular flexibility index (Phi) is 26.9. The first kappa shape index (κ1) is 68.3. The Morgan fingerprint density at radius 1 is 0.337 bits per heavy atom. The van der Waals surface area contributed by atoms with Crippen LogP contribution in [0.25, 0.3) is 0 Å². The minimum absolute atomic E-state index is 0.0859. The summed E-state index contributed by atoms with van der Waals surface area (Å²) < 4.78 is 82.6. The highest BCUT2D eigenvalue weighted by molar-refractivity contribution is 6.99. The second kappa shape index (κ2) is 36.2. The topological polar surface area (TPSA) is 131 Å². The van der Waals surface area contributed by atoms with Crippen molar-refractivity contribution < 1.29 is 61.6 Å². The predicted octanol–water partition coefficient (Wildman–Crippen LogP) is 13.1. The summed E-state index contributed by atoms with van der Waals surface area (Å²) in [7, 11) is -2.63. The molecule has 0 unspecified atom stereocenters. The molecule has 13 nitrogen and oxygen atoms in total. The van der Waals surface area contributed by atoms with Gasteiger partial charge >= 0.3 is 0 Å². The predicted molar refractivity (Wildman–Crippen MR) is 359 cm³/mol. The largest absolute Gasteiger partial charge is 0.407 e. The molecule has 8 aromatic carbocycles. The molecule has 10 atom stereocenters. The molecule has 486 valence electrons. The number of benzene rings is 8. The van der Waals surface area contributed by atoms with Gasteiger partial charge in [-0.15, -0.1) is 0 Å². The molecule has 8 aromatic rings. The van der Waals surface area contributed by atoms with Crippen LogP contribution in [0.15, 0.2) is 243 Å². The van der Waals surface area contributed by atoms with Crippen LogP contribution < -0.4 is 10.4 Å². The van der Waals surface area contributed by atoms with E-state index < -0.39 is 69.7 Å². The zero-order chi connectivity index (χ0) is 63.5. The lowest BCUT2D eigenvalue weighted by molar-refractivity contribution is -0.379. The zero-order valence-corrected chi connectivity index (χ0v) is 54.5. The molecule has 1 N–H and O–H groups in total. The van der Waals surface area contributed by atoms with E-state index in [9.17, 15) is 5.11 Å². The first-order valence-electron chi connectivity index (χ1n) is 32.7. The van der Waals surface area contributed by atoms with E-state index in [2.05, 4.69) is 81.4 Å². The van der Waals surface area contributed by atoms with Crippen LogP contribution in [0.3, 0.4) is 0 Å². The van der Waals surface area contributed by atoms with Crippen molar-refractivity contribution in [3.8, 4) is 0 Å². The first-order chi connectivity index (χ1) is 45.2. The van der Waals surface area contributed by atoms with Gasteiger partial charge in [0.2, 0.25) is 0 Å². The summed E-state index contributed by atoms with van der Waals surface area (Å²) in [5.74, 6) is 0. The van der Waals surface area contributed by atoms with Crippen molar-refractivity contribution in [3.05, 3.63) is 276 Å². The van der Waals surface area contributed by atoms with Gasteiger partial charge in [-0.2, -0.15) is 0 Å². The average molecular weight is 1270 g/mol. The summed E-state index contributed by atoms with van der Waals surface area (Å²) in [6.07, 6.45) is -6.62. The molecule has 0 saturated carbocycles. The van der Waals surface area contributed by atoms with Gasteiger partial charge in [0.15, 0.2) is 12.6 Å². The minimum Gasteiger partial charge on any atom is -0.407 e. The lowest BCUT2D eigenvalue weighted by Crippen LogP contribution is -2.66. The summed E-state index contributed by atoms with van der Waals surface area (Å²) in [4.78, 5) is 0. The lowest BCUT2D eigenvalue weighted by atomic mass is 9.96. The van der Waals surface area contributed by atoms with Gasteiger partial charge in [-0.25, -0.2) is 0 Å². The van der Waals surface area contributed by atoms with Crippen LogP contribution in [-0.4, -0.2) is 114 Å². The van der Waals surface area contributed by atoms with Crippen LogP contribution in [0.2, 0.25) is 5.04 Å². The molecule has 0 aromatic heterocycles. The molecule has 10 rings (SSSR count). The summed E-state index contributed by atoms with van der Waals surface area (Å²) in [6.45, 7) is 10.7. The third-order valence-corrected chi connectivity index (χ3v) is 21.9. The second-order valence-electron chi connectivity index (χ2n) is 24.6. The van der Waals surface area contributed by atoms with Gasteiger partial charge in [-0.1, -0.05) is 263 Å². The molecule has 0 spiro atoms. The van der Waals surface area contributed by atoms with Crippen LogP contribution in [0, 0.1) is 0 Å². The van der Waals surface area contributed by atoms with Gasteiger partial charge in [0, 0.05) is 26.4 Å². The number of aliphatic hydroxyl groups is 1. The number of rotatable bonds is 36. The Morgan fingerprint density at radius 2 is 0.663 bits per heavy atom. The fraction of sp³-hybridized carbons (Fsp3) is 0.385. The van der Waals surface area contributed by atoms with Gasteiger partial charge in [-0.05, 0) is 74.5 Å². The van der Waals surface area contributed by atoms with Crippen molar-refractivity contribution in [1.82, 2.24) is 0 Å². The summed E-state index contributed by atoms with van der Waals surface area (Å²) in [5.41, 5.74) is 5.79. The van der Waals surface area contributed by atoms with E-state index >= 15 is 0 Å². The molecule has 14 heteroatoms. The number of hydrogen-bond donors (Lipinski definition) is 1. The summed E-state index contributed by atoms with van der Waals surface area (Å²) >= 11 is 0. The highest BCUT2D eigenvalue weighted by Gasteiger charge is 2.54. The third kappa shape index (κ3) is 19.8. The molecule has 2 aliphatic rings. The van der Waals surface area contributed by atoms with Crippen molar-refractivity contribution >= 4 is 18.7 Å². The molecular formula is C78H92O13Si. The fourth-order valence-corrected chi connectivity index (χ4v) is 16.7. The first-order valence-corrected chi connectivity index (χ1v) is 34.6. The Balaban J connectivity index is 0.890. The van der Waals surface area contributed by atoms with Crippen molar-refractivity contribution in [2.24, 2.45) is 0 Å². The monoisotopic (exact) mass is 1260 g/mol. The highest BCUT2D eigenvalue weighted by Crippen LogP contribution is 2.38. The van der Waals surface area contributed by atoms with E-state index in [-0.39, 0.29) is 44.7 Å². The quantitative estimate of drug-likeness (QED) is 0.0296. The molecule has 2 aliphatic heterocycles. The molecule has 0 bridgehead atoms. The molecular weight excluding hydrogens is 1170 g/mol. The number of hydrogen-bond acceptors (Lipinski definition) is 13. The third-order valence-electron chi connectivity index (χ3n) is 16.8. The maximum atomic E-state index is 12.9. The molecule has 0 radical (unpaired) electrons. The molecule has 0 aliphatic carbocycles. The van der Waals surface area contributed by atoms with Crippen molar-refractivity contribution in [2.75, 3.05) is 39.6 Å². The number of unbranched alkanes of at least 4 members (excludes halogenated alkanes) is 2. The number of aliphatic hydroxyl groups excluding tert-OH is 1. The van der Waals surface area contributed by atoms with E-state index in [1.54, 1.807) is 0 Å². The Labute approximate surface area is 545 Å². The van der Waals surface area contributed by atoms with Crippen LogP contribution >= 0.6 is 0 Å². The molecule has 92 heavy (non-hydrogen) atoms.